The van der Waals surface area contributed by atoms with E-state index in [4.69, 9.17) is 0 Å². The van der Waals surface area contributed by atoms with E-state index in [-0.39, 0.29) is 23.3 Å². The van der Waals surface area contributed by atoms with E-state index < -0.39 is 34.6 Å². The summed E-state index contributed by atoms with van der Waals surface area (Å²) in [7, 11) is 1.99. The van der Waals surface area contributed by atoms with Crippen molar-refractivity contribution in [1.29, 1.82) is 0 Å². The molecular weight excluding hydrogens is 534 g/mol. The highest BCUT2D eigenvalue weighted by atomic mass is 32.1. The number of carbonyl (C=O) groups excluding carboxylic acids is 1. The van der Waals surface area contributed by atoms with Gasteiger partial charge in [0.15, 0.2) is 0 Å². The zero-order valence-electron chi connectivity index (χ0n) is 21.3. The predicted octanol–water partition coefficient (Wildman–Crippen LogP) is 5.59. The van der Waals surface area contributed by atoms with Crippen LogP contribution >= 0.6 is 11.3 Å². The summed E-state index contributed by atoms with van der Waals surface area (Å²) in [6.07, 6.45) is -4.19. The molecule has 12 heteroatoms. The Hall–Kier alpha value is -3.77. The number of alkyl halides is 3. The van der Waals surface area contributed by atoms with Gasteiger partial charge in [0, 0.05) is 43.0 Å². The number of nitrogens with zero attached hydrogens (tertiary/aromatic N) is 3. The molecule has 0 bridgehead atoms. The lowest BCUT2D eigenvalue weighted by atomic mass is 10.0. The number of hydrogen-bond acceptors (Lipinski definition) is 6. The third-order valence-electron chi connectivity index (χ3n) is 7.15. The van der Waals surface area contributed by atoms with Gasteiger partial charge in [-0.3, -0.25) is 14.5 Å². The highest BCUT2D eigenvalue weighted by Gasteiger charge is 2.36. The number of anilines is 2. The fourth-order valence-electron chi connectivity index (χ4n) is 4.85. The average Bonchev–Trinajstić information content (AvgIpc) is 3.35. The van der Waals surface area contributed by atoms with E-state index in [1.54, 1.807) is 23.7 Å². The van der Waals surface area contributed by atoms with E-state index in [0.29, 0.717) is 30.4 Å². The Morgan fingerprint density at radius 1 is 1.13 bits per heavy atom. The molecule has 7 nitrogen and oxygen atoms in total. The summed E-state index contributed by atoms with van der Waals surface area (Å²) in [6, 6.07) is 8.54. The largest absolute Gasteiger partial charge is 0.417 e. The van der Waals surface area contributed by atoms with Gasteiger partial charge in [0.25, 0.3) is 5.91 Å². The molecule has 0 saturated carbocycles. The molecule has 1 fully saturated rings. The molecule has 0 aliphatic carbocycles. The van der Waals surface area contributed by atoms with Gasteiger partial charge in [-0.05, 0) is 50.7 Å². The van der Waals surface area contributed by atoms with E-state index in [1.807, 2.05) is 25.8 Å². The molecule has 0 radical (unpaired) electrons. The van der Waals surface area contributed by atoms with Gasteiger partial charge < -0.3 is 15.2 Å². The number of fused-ring (bicyclic) bond motifs is 1. The van der Waals surface area contributed by atoms with Crippen molar-refractivity contribution in [3.63, 3.8) is 0 Å². The van der Waals surface area contributed by atoms with Gasteiger partial charge in [0.05, 0.1) is 38.2 Å². The van der Waals surface area contributed by atoms with Crippen molar-refractivity contribution in [2.45, 2.75) is 32.1 Å². The van der Waals surface area contributed by atoms with Crippen molar-refractivity contribution in [1.82, 2.24) is 14.9 Å². The second-order valence-electron chi connectivity index (χ2n) is 9.73. The summed E-state index contributed by atoms with van der Waals surface area (Å²) in [4.78, 5) is 35.3. The number of carbonyl (C=O) groups is 1. The molecule has 0 spiro atoms. The van der Waals surface area contributed by atoms with Crippen LogP contribution in [0.15, 0.2) is 52.9 Å². The monoisotopic (exact) mass is 559 g/mol. The minimum absolute atomic E-state index is 0.102. The fraction of sp³-hybridized carbons (Fsp3) is 0.296. The third-order valence-corrected chi connectivity index (χ3v) is 7.94. The molecule has 39 heavy (non-hydrogen) atoms. The molecule has 1 aliphatic rings. The Labute approximate surface area is 225 Å². The minimum atomic E-state index is -4.93. The third kappa shape index (κ3) is 5.26. The van der Waals surface area contributed by atoms with Crippen molar-refractivity contribution >= 4 is 38.8 Å². The summed E-state index contributed by atoms with van der Waals surface area (Å²) < 4.78 is 57.5. The maximum atomic E-state index is 15.6. The van der Waals surface area contributed by atoms with Gasteiger partial charge >= 0.3 is 6.18 Å². The lowest BCUT2D eigenvalue weighted by Gasteiger charge is -2.44. The number of likely N-dealkylation sites (N-methyl/N-ethyl adjacent to an activating group) is 1. The average molecular weight is 560 g/mol. The van der Waals surface area contributed by atoms with Crippen LogP contribution < -0.4 is 15.8 Å². The topological polar surface area (TPSA) is 81.3 Å². The quantitative estimate of drug-likeness (QED) is 0.319. The maximum absolute atomic E-state index is 15.6. The number of thiazole rings is 1. The second-order valence-corrected chi connectivity index (χ2v) is 10.6. The van der Waals surface area contributed by atoms with Crippen LogP contribution in [-0.4, -0.2) is 53.0 Å². The first-order valence-corrected chi connectivity index (χ1v) is 13.1. The Morgan fingerprint density at radius 2 is 1.85 bits per heavy atom. The summed E-state index contributed by atoms with van der Waals surface area (Å²) in [5, 5.41) is 2.57. The highest BCUT2D eigenvalue weighted by Crippen LogP contribution is 2.38. The van der Waals surface area contributed by atoms with Gasteiger partial charge in [-0.25, -0.2) is 9.37 Å². The van der Waals surface area contributed by atoms with Gasteiger partial charge in [0.2, 0.25) is 5.56 Å². The minimum Gasteiger partial charge on any atom is -0.367 e. The number of rotatable bonds is 4. The number of pyridine rings is 1. The first kappa shape index (κ1) is 26.8. The number of aromatic nitrogens is 2. The van der Waals surface area contributed by atoms with E-state index in [0.717, 1.165) is 16.4 Å². The Morgan fingerprint density at radius 3 is 2.54 bits per heavy atom. The molecule has 1 aliphatic heterocycles. The van der Waals surface area contributed by atoms with Crippen molar-refractivity contribution in [3.8, 4) is 11.1 Å². The van der Waals surface area contributed by atoms with Crippen LogP contribution in [0.1, 0.15) is 29.8 Å². The maximum Gasteiger partial charge on any atom is 0.417 e. The standard InChI is InChI=1S/C27H25F4N5O2S/c1-14-11-36(12-15(2)35(14)3)23-9-20(28)17(16-4-5-21-24(6-16)39-13-33-21)7-22(23)34-26(38)18-10-32-25(37)8-19(18)27(29,30)31/h4-10,13-15H,11-12H2,1-3H3,(H,32,37)(H,34,38). The van der Waals surface area contributed by atoms with Crippen molar-refractivity contribution in [2.75, 3.05) is 30.4 Å². The molecule has 5 rings (SSSR count). The molecular formula is C27H25F4N5O2S. The Kier molecular flexibility index (Phi) is 6.93. The normalized spacial score (nSPS) is 18.5. The molecule has 2 N–H and O–H groups in total. The molecule has 1 saturated heterocycles. The lowest BCUT2D eigenvalue weighted by molar-refractivity contribution is -0.138. The Balaban J connectivity index is 1.61. The SMILES string of the molecule is CC1CN(c2cc(F)c(-c3ccc4ncsc4c3)cc2NC(=O)c2c[nH]c(=O)cc2C(F)(F)F)CC(C)N1C. The van der Waals surface area contributed by atoms with Gasteiger partial charge in [-0.15, -0.1) is 11.3 Å². The molecule has 2 aromatic heterocycles. The second kappa shape index (κ2) is 10.1. The molecule has 1 amide bonds. The van der Waals surface area contributed by atoms with E-state index in [2.05, 4.69) is 20.2 Å². The van der Waals surface area contributed by atoms with Crippen LogP contribution in [0.5, 0.6) is 0 Å². The van der Waals surface area contributed by atoms with Crippen LogP contribution in [-0.2, 0) is 6.18 Å². The lowest BCUT2D eigenvalue weighted by Crippen LogP contribution is -2.55. The first-order valence-electron chi connectivity index (χ1n) is 12.2. The number of H-pyrrole nitrogens is 1. The molecule has 204 valence electrons. The number of piperazine rings is 1. The van der Waals surface area contributed by atoms with Crippen LogP contribution in [0.2, 0.25) is 0 Å². The van der Waals surface area contributed by atoms with Gasteiger partial charge in [0.1, 0.15) is 5.82 Å². The van der Waals surface area contributed by atoms with Crippen LogP contribution in [0.3, 0.4) is 0 Å². The first-order chi connectivity index (χ1) is 18.4. The van der Waals surface area contributed by atoms with Gasteiger partial charge in [-0.2, -0.15) is 13.2 Å². The van der Waals surface area contributed by atoms with Crippen molar-refractivity contribution in [2.24, 2.45) is 0 Å². The smallest absolute Gasteiger partial charge is 0.367 e. The van der Waals surface area contributed by atoms with Gasteiger partial charge in [-0.1, -0.05) is 6.07 Å². The summed E-state index contributed by atoms with van der Waals surface area (Å²) in [5.74, 6) is -1.61. The number of hydrogen-bond donors (Lipinski definition) is 2. The summed E-state index contributed by atoms with van der Waals surface area (Å²) >= 11 is 1.39. The zero-order valence-corrected chi connectivity index (χ0v) is 22.1. The fourth-order valence-corrected chi connectivity index (χ4v) is 5.57. The van der Waals surface area contributed by atoms with Crippen LogP contribution in [0.4, 0.5) is 28.9 Å². The highest BCUT2D eigenvalue weighted by molar-refractivity contribution is 7.16. The number of nitrogens with one attached hydrogen (secondary N) is 2. The van der Waals surface area contributed by atoms with Crippen LogP contribution in [0.25, 0.3) is 21.3 Å². The van der Waals surface area contributed by atoms with E-state index in [9.17, 15) is 22.8 Å². The summed E-state index contributed by atoms with van der Waals surface area (Å²) in [5.41, 5.74) is 0.573. The van der Waals surface area contributed by atoms with E-state index in [1.165, 1.54) is 23.5 Å². The molecule has 2 unspecified atom stereocenters. The molecule has 2 aromatic carbocycles. The predicted molar refractivity (Wildman–Crippen MR) is 144 cm³/mol. The van der Waals surface area contributed by atoms with Crippen LogP contribution in [0, 0.1) is 5.82 Å². The Bertz CT molecular complexity index is 1600. The number of amides is 1. The number of halogens is 4. The van der Waals surface area contributed by atoms with Crippen molar-refractivity contribution < 1.29 is 22.4 Å². The summed E-state index contributed by atoms with van der Waals surface area (Å²) in [6.45, 7) is 5.07. The van der Waals surface area contributed by atoms with E-state index >= 15 is 4.39 Å². The number of aromatic amines is 1. The molecule has 2 atom stereocenters. The number of benzene rings is 2. The molecule has 3 heterocycles. The zero-order chi connectivity index (χ0) is 28.1. The molecule has 4 aromatic rings. The van der Waals surface area contributed by atoms with Crippen molar-refractivity contribution in [3.05, 3.63) is 75.4 Å².